The first-order chi connectivity index (χ1) is 9.02. The van der Waals surface area contributed by atoms with E-state index in [9.17, 15) is 17.3 Å². The number of rotatable bonds is 5. The Morgan fingerprint density at radius 3 is 1.70 bits per heavy atom. The van der Waals surface area contributed by atoms with Crippen LogP contribution >= 0.6 is 0 Å². The average molecular weight is 302 g/mol. The molecule has 0 unspecified atom stereocenters. The summed E-state index contributed by atoms with van der Waals surface area (Å²) in [7, 11) is 1.78. The molecule has 0 N–H and O–H groups in total. The molecule has 0 aliphatic carbocycles. The van der Waals surface area contributed by atoms with Gasteiger partial charge in [-0.25, -0.2) is 4.58 Å². The van der Waals surface area contributed by atoms with Gasteiger partial charge in [-0.05, 0) is 13.8 Å². The summed E-state index contributed by atoms with van der Waals surface area (Å²) in [5.41, 5.74) is 0. The second kappa shape index (κ2) is 10.4. The molecule has 0 rings (SSSR count). The molecule has 4 nitrogen and oxygen atoms in total. The van der Waals surface area contributed by atoms with Crippen molar-refractivity contribution in [3.05, 3.63) is 12.0 Å². The quantitative estimate of drug-likeness (QED) is 0.195. The van der Waals surface area contributed by atoms with Crippen LogP contribution in [0.2, 0.25) is 0 Å². The van der Waals surface area contributed by atoms with Crippen LogP contribution in [0.3, 0.4) is 0 Å². The van der Waals surface area contributed by atoms with Crippen LogP contribution in [0.4, 0.5) is 17.3 Å². The van der Waals surface area contributed by atoms with Crippen molar-refractivity contribution >= 4 is 13.2 Å². The normalized spacial score (nSPS) is 11.2. The van der Waals surface area contributed by atoms with Crippen molar-refractivity contribution in [1.29, 1.82) is 0 Å². The third-order valence-electron chi connectivity index (χ3n) is 1.71. The Morgan fingerprint density at radius 1 is 1.05 bits per heavy atom. The molecule has 0 aliphatic heterocycles. The molecular weight excluding hydrogens is 279 g/mol. The molecular formula is C11H23BF4N2O2. The first kappa shape index (κ1) is 20.9. The SMILES string of the molecule is CCOC(/C=C(/OCC)N(C)C)=[N+](C)C.F[B-](F)(F)F. The van der Waals surface area contributed by atoms with Crippen LogP contribution in [-0.4, -0.2) is 64.0 Å². The van der Waals surface area contributed by atoms with Crippen LogP contribution in [0.25, 0.3) is 0 Å². The Bertz CT molecular complexity index is 321. The highest BCUT2D eigenvalue weighted by Crippen LogP contribution is 2.06. The predicted molar refractivity (Wildman–Crippen MR) is 72.3 cm³/mol. The van der Waals surface area contributed by atoms with E-state index in [1.165, 1.54) is 0 Å². The predicted octanol–water partition coefficient (Wildman–Crippen LogP) is 2.43. The van der Waals surface area contributed by atoms with E-state index in [2.05, 4.69) is 0 Å². The number of hydrogen-bond donors (Lipinski definition) is 0. The number of nitrogens with zero attached hydrogens (tertiary/aromatic N) is 2. The van der Waals surface area contributed by atoms with Gasteiger partial charge in [0.05, 0.1) is 13.2 Å². The maximum atomic E-state index is 9.75. The molecule has 0 fully saturated rings. The molecule has 20 heavy (non-hydrogen) atoms. The van der Waals surface area contributed by atoms with E-state index >= 15 is 0 Å². The van der Waals surface area contributed by atoms with Gasteiger partial charge in [0.25, 0.3) is 0 Å². The molecule has 0 saturated carbocycles. The molecule has 120 valence electrons. The Morgan fingerprint density at radius 2 is 1.45 bits per heavy atom. The molecule has 0 spiro atoms. The van der Waals surface area contributed by atoms with E-state index in [1.54, 1.807) is 0 Å². The Balaban J connectivity index is 0. The van der Waals surface area contributed by atoms with Crippen molar-refractivity contribution in [2.24, 2.45) is 0 Å². The zero-order valence-electron chi connectivity index (χ0n) is 12.8. The standard InChI is InChI=1S/C11H23N2O2.BF4/c1-7-14-10(12(3)4)9-11(13(5)6)15-8-2;2-1(3,4)5/h9H,7-8H2,1-6H3;/q+1;-1. The smallest absolute Gasteiger partial charge is 0.479 e. The summed E-state index contributed by atoms with van der Waals surface area (Å²) in [6, 6.07) is 0. The Labute approximate surface area is 117 Å². The van der Waals surface area contributed by atoms with Crippen LogP contribution in [0, 0.1) is 0 Å². The van der Waals surface area contributed by atoms with Gasteiger partial charge >= 0.3 is 13.2 Å². The lowest BCUT2D eigenvalue weighted by atomic mass is 10.3. The van der Waals surface area contributed by atoms with E-state index in [4.69, 9.17) is 9.47 Å². The van der Waals surface area contributed by atoms with Gasteiger partial charge in [0.15, 0.2) is 5.88 Å². The molecule has 0 aromatic rings. The monoisotopic (exact) mass is 302 g/mol. The summed E-state index contributed by atoms with van der Waals surface area (Å²) in [6.45, 7) is 5.23. The lowest BCUT2D eigenvalue weighted by molar-refractivity contribution is -0.473. The highest BCUT2D eigenvalue weighted by atomic mass is 19.5. The summed E-state index contributed by atoms with van der Waals surface area (Å²) < 4.78 is 51.9. The summed E-state index contributed by atoms with van der Waals surface area (Å²) in [5.74, 6) is 1.60. The van der Waals surface area contributed by atoms with E-state index in [0.717, 1.165) is 11.8 Å². The van der Waals surface area contributed by atoms with Gasteiger partial charge < -0.3 is 31.6 Å². The van der Waals surface area contributed by atoms with Crippen molar-refractivity contribution in [3.63, 3.8) is 0 Å². The van der Waals surface area contributed by atoms with E-state index < -0.39 is 7.25 Å². The topological polar surface area (TPSA) is 24.7 Å². The van der Waals surface area contributed by atoms with Gasteiger partial charge in [0.2, 0.25) is 0 Å². The molecule has 0 aromatic heterocycles. The average Bonchev–Trinajstić information content (AvgIpc) is 2.24. The van der Waals surface area contributed by atoms with E-state index in [1.807, 2.05) is 57.6 Å². The van der Waals surface area contributed by atoms with Crippen LogP contribution in [0.5, 0.6) is 0 Å². The summed E-state index contributed by atoms with van der Waals surface area (Å²) in [5, 5.41) is 0. The zero-order chi connectivity index (χ0) is 16.3. The van der Waals surface area contributed by atoms with Gasteiger partial charge in [-0.1, -0.05) is 0 Å². The minimum atomic E-state index is -6.00. The van der Waals surface area contributed by atoms with E-state index in [0.29, 0.717) is 13.2 Å². The van der Waals surface area contributed by atoms with Gasteiger partial charge in [0, 0.05) is 14.1 Å². The van der Waals surface area contributed by atoms with Crippen molar-refractivity contribution in [3.8, 4) is 0 Å². The number of ether oxygens (including phenoxy) is 2. The number of halogens is 4. The molecule has 9 heteroatoms. The highest BCUT2D eigenvalue weighted by molar-refractivity contribution is 6.50. The molecule has 0 bridgehead atoms. The molecule has 0 saturated heterocycles. The fourth-order valence-corrected chi connectivity index (χ4v) is 1.00. The lowest BCUT2D eigenvalue weighted by Gasteiger charge is -2.16. The van der Waals surface area contributed by atoms with Crippen molar-refractivity contribution in [2.75, 3.05) is 41.4 Å². The molecule has 0 atom stereocenters. The van der Waals surface area contributed by atoms with Gasteiger partial charge in [-0.3, -0.25) is 0 Å². The zero-order valence-corrected chi connectivity index (χ0v) is 12.8. The Kier molecular flexibility index (Phi) is 10.9. The van der Waals surface area contributed by atoms with Gasteiger partial charge in [-0.15, -0.1) is 0 Å². The number of hydrogen-bond acceptors (Lipinski definition) is 3. The van der Waals surface area contributed by atoms with Crippen molar-refractivity contribution in [1.82, 2.24) is 4.90 Å². The minimum absolute atomic E-state index is 0.650. The summed E-state index contributed by atoms with van der Waals surface area (Å²) in [6.07, 6.45) is 1.90. The highest BCUT2D eigenvalue weighted by Gasteiger charge is 2.20. The van der Waals surface area contributed by atoms with Crippen molar-refractivity contribution < 1.29 is 31.3 Å². The molecule has 0 aromatic carbocycles. The minimum Gasteiger partial charge on any atom is -0.479 e. The van der Waals surface area contributed by atoms with Crippen LogP contribution < -0.4 is 0 Å². The van der Waals surface area contributed by atoms with Gasteiger partial charge in [-0.2, -0.15) is 0 Å². The maximum absolute atomic E-state index is 9.75. The third kappa shape index (κ3) is 14.7. The molecule has 0 amide bonds. The Hall–Kier alpha value is -1.41. The second-order valence-electron chi connectivity index (χ2n) is 3.97. The maximum Gasteiger partial charge on any atom is 0.673 e. The second-order valence-corrected chi connectivity index (χ2v) is 3.97. The van der Waals surface area contributed by atoms with Crippen LogP contribution in [-0.2, 0) is 9.47 Å². The molecule has 0 aliphatic rings. The van der Waals surface area contributed by atoms with Crippen LogP contribution in [0.15, 0.2) is 12.0 Å². The molecule has 0 radical (unpaired) electrons. The lowest BCUT2D eigenvalue weighted by Crippen LogP contribution is -2.20. The fraction of sp³-hybridized carbons (Fsp3) is 0.727. The molecule has 0 heterocycles. The summed E-state index contributed by atoms with van der Waals surface area (Å²) >= 11 is 0. The van der Waals surface area contributed by atoms with Crippen LogP contribution in [0.1, 0.15) is 13.8 Å². The summed E-state index contributed by atoms with van der Waals surface area (Å²) in [4.78, 5) is 1.92. The third-order valence-corrected chi connectivity index (χ3v) is 1.71. The van der Waals surface area contributed by atoms with E-state index in [-0.39, 0.29) is 0 Å². The van der Waals surface area contributed by atoms with Crippen molar-refractivity contribution in [2.45, 2.75) is 13.8 Å². The largest absolute Gasteiger partial charge is 0.673 e. The first-order valence-electron chi connectivity index (χ1n) is 6.09. The first-order valence-corrected chi connectivity index (χ1v) is 6.09. The van der Waals surface area contributed by atoms with Gasteiger partial charge in [0.1, 0.15) is 20.2 Å². The fourth-order valence-electron chi connectivity index (χ4n) is 1.00.